The van der Waals surface area contributed by atoms with Gasteiger partial charge in [0.1, 0.15) is 5.69 Å². The van der Waals surface area contributed by atoms with E-state index < -0.39 is 35.3 Å². The van der Waals surface area contributed by atoms with Crippen LogP contribution in [0.25, 0.3) is 0 Å². The average molecular weight is 220 g/mol. The highest BCUT2D eigenvalue weighted by atomic mass is 19.3. The highest BCUT2D eigenvalue weighted by Gasteiger charge is 2.21. The highest BCUT2D eigenvalue weighted by molar-refractivity contribution is 5.88. The number of carbonyl (C=O) groups is 1. The Morgan fingerprint density at radius 2 is 2.20 bits per heavy atom. The maximum atomic E-state index is 13.0. The van der Waals surface area contributed by atoms with Crippen molar-refractivity contribution in [1.29, 1.82) is 0 Å². The molecule has 1 aromatic heterocycles. The number of rotatable bonds is 2. The van der Waals surface area contributed by atoms with E-state index in [-0.39, 0.29) is 0 Å². The topological polar surface area (TPSA) is 65.2 Å². The fraction of sp³-hybridized carbons (Fsp3) is 0.250. The van der Waals surface area contributed by atoms with Crippen molar-refractivity contribution in [2.75, 3.05) is 12.8 Å². The van der Waals surface area contributed by atoms with Crippen LogP contribution in [0.5, 0.6) is 0 Å². The SMILES string of the molecule is COC(=O)c1cc(N)c(F)c(C(F)F)n1. The van der Waals surface area contributed by atoms with Crippen LogP contribution >= 0.6 is 0 Å². The van der Waals surface area contributed by atoms with Crippen molar-refractivity contribution in [1.82, 2.24) is 4.98 Å². The number of ether oxygens (including phenoxy) is 1. The summed E-state index contributed by atoms with van der Waals surface area (Å²) in [4.78, 5) is 14.1. The van der Waals surface area contributed by atoms with Crippen LogP contribution in [0.4, 0.5) is 18.9 Å². The minimum atomic E-state index is -3.14. The summed E-state index contributed by atoms with van der Waals surface area (Å²) in [6.07, 6.45) is -3.14. The Kier molecular flexibility index (Phi) is 3.13. The number of nitrogens with zero attached hydrogens (tertiary/aromatic N) is 1. The number of aromatic nitrogens is 1. The van der Waals surface area contributed by atoms with E-state index in [1.165, 1.54) is 0 Å². The van der Waals surface area contributed by atoms with E-state index in [1.54, 1.807) is 0 Å². The molecule has 0 saturated heterocycles. The summed E-state index contributed by atoms with van der Waals surface area (Å²) in [6, 6.07) is 0.840. The molecular weight excluding hydrogens is 213 g/mol. The van der Waals surface area contributed by atoms with Crippen molar-refractivity contribution in [3.63, 3.8) is 0 Å². The quantitative estimate of drug-likeness (QED) is 0.767. The largest absolute Gasteiger partial charge is 0.464 e. The standard InChI is InChI=1S/C8H7F3N2O2/c1-15-8(14)4-2-3(12)5(9)6(13-4)7(10)11/h2,7H,1H3,(H2,12,13). The summed E-state index contributed by atoms with van der Waals surface area (Å²) in [5, 5.41) is 0. The van der Waals surface area contributed by atoms with E-state index in [2.05, 4.69) is 9.72 Å². The fourth-order valence-electron chi connectivity index (χ4n) is 0.923. The second kappa shape index (κ2) is 4.16. The summed E-state index contributed by atoms with van der Waals surface area (Å²) in [7, 11) is 1.05. The monoisotopic (exact) mass is 220 g/mol. The van der Waals surface area contributed by atoms with Crippen molar-refractivity contribution < 1.29 is 22.7 Å². The van der Waals surface area contributed by atoms with E-state index in [9.17, 15) is 18.0 Å². The van der Waals surface area contributed by atoms with Gasteiger partial charge in [0.15, 0.2) is 11.5 Å². The van der Waals surface area contributed by atoms with Crippen LogP contribution in [-0.2, 0) is 4.74 Å². The molecule has 0 amide bonds. The number of esters is 1. The number of halogens is 3. The van der Waals surface area contributed by atoms with Crippen LogP contribution in [-0.4, -0.2) is 18.1 Å². The Morgan fingerprint density at radius 1 is 1.60 bits per heavy atom. The van der Waals surface area contributed by atoms with E-state index in [4.69, 9.17) is 5.73 Å². The molecule has 0 bridgehead atoms. The molecule has 0 aliphatic rings. The Labute approximate surface area is 82.9 Å². The average Bonchev–Trinajstić information content (AvgIpc) is 2.20. The molecule has 7 heteroatoms. The first-order valence-corrected chi connectivity index (χ1v) is 3.79. The molecule has 82 valence electrons. The molecule has 0 aromatic carbocycles. The van der Waals surface area contributed by atoms with Crippen LogP contribution in [0.3, 0.4) is 0 Å². The van der Waals surface area contributed by atoms with E-state index in [0.717, 1.165) is 13.2 Å². The smallest absolute Gasteiger partial charge is 0.356 e. The third-order valence-electron chi connectivity index (χ3n) is 1.61. The Balaban J connectivity index is 3.29. The number of carbonyl (C=O) groups excluding carboxylic acids is 1. The highest BCUT2D eigenvalue weighted by Crippen LogP contribution is 2.24. The van der Waals surface area contributed by atoms with Gasteiger partial charge in [-0.05, 0) is 6.07 Å². The van der Waals surface area contributed by atoms with Crippen LogP contribution in [0, 0.1) is 5.82 Å². The van der Waals surface area contributed by atoms with Gasteiger partial charge in [-0.3, -0.25) is 0 Å². The molecule has 4 nitrogen and oxygen atoms in total. The summed E-state index contributed by atoms with van der Waals surface area (Å²) in [5.41, 5.74) is 2.92. The van der Waals surface area contributed by atoms with E-state index in [1.807, 2.05) is 0 Å². The first kappa shape index (κ1) is 11.3. The van der Waals surface area contributed by atoms with Crippen LogP contribution in [0.15, 0.2) is 6.07 Å². The lowest BCUT2D eigenvalue weighted by molar-refractivity contribution is 0.0592. The fourth-order valence-corrected chi connectivity index (χ4v) is 0.923. The zero-order valence-corrected chi connectivity index (χ0v) is 7.63. The predicted molar refractivity (Wildman–Crippen MR) is 44.9 cm³/mol. The molecular formula is C8H7F3N2O2. The zero-order valence-electron chi connectivity index (χ0n) is 7.63. The number of alkyl halides is 2. The van der Waals surface area contributed by atoms with Gasteiger partial charge >= 0.3 is 5.97 Å². The number of pyridine rings is 1. The number of nitrogen functional groups attached to an aromatic ring is 1. The van der Waals surface area contributed by atoms with Crippen molar-refractivity contribution >= 4 is 11.7 Å². The second-order valence-electron chi connectivity index (χ2n) is 2.59. The zero-order chi connectivity index (χ0) is 11.6. The minimum absolute atomic E-state index is 0.452. The summed E-state index contributed by atoms with van der Waals surface area (Å²) < 4.78 is 41.7. The van der Waals surface area contributed by atoms with Crippen molar-refractivity contribution in [2.45, 2.75) is 6.43 Å². The van der Waals surface area contributed by atoms with Gasteiger partial charge in [-0.2, -0.15) is 0 Å². The third-order valence-corrected chi connectivity index (χ3v) is 1.61. The number of hydrogen-bond acceptors (Lipinski definition) is 4. The Bertz CT molecular complexity index is 396. The van der Waals surface area contributed by atoms with Gasteiger partial charge in [0.25, 0.3) is 6.43 Å². The second-order valence-corrected chi connectivity index (χ2v) is 2.59. The van der Waals surface area contributed by atoms with Crippen molar-refractivity contribution in [3.05, 3.63) is 23.3 Å². The molecule has 2 N–H and O–H groups in total. The Hall–Kier alpha value is -1.79. The van der Waals surface area contributed by atoms with Gasteiger partial charge in [-0.1, -0.05) is 0 Å². The molecule has 15 heavy (non-hydrogen) atoms. The first-order valence-electron chi connectivity index (χ1n) is 3.79. The molecule has 1 rings (SSSR count). The van der Waals surface area contributed by atoms with Crippen LogP contribution < -0.4 is 5.73 Å². The molecule has 0 aliphatic heterocycles. The van der Waals surface area contributed by atoms with Gasteiger partial charge in [0, 0.05) is 0 Å². The van der Waals surface area contributed by atoms with Crippen molar-refractivity contribution in [2.24, 2.45) is 0 Å². The normalized spacial score (nSPS) is 10.5. The summed E-state index contributed by atoms with van der Waals surface area (Å²) in [5.74, 6) is -2.28. The maximum Gasteiger partial charge on any atom is 0.356 e. The van der Waals surface area contributed by atoms with Crippen LogP contribution in [0.1, 0.15) is 22.6 Å². The molecule has 1 aromatic rings. The molecule has 0 spiro atoms. The molecule has 0 radical (unpaired) electrons. The summed E-state index contributed by atoms with van der Waals surface area (Å²) in [6.45, 7) is 0. The molecule has 0 saturated carbocycles. The molecule has 0 fully saturated rings. The lowest BCUT2D eigenvalue weighted by atomic mass is 10.2. The van der Waals surface area contributed by atoms with E-state index >= 15 is 0 Å². The molecule has 0 atom stereocenters. The molecule has 0 unspecified atom stereocenters. The number of nitrogens with two attached hydrogens (primary N) is 1. The van der Waals surface area contributed by atoms with Crippen molar-refractivity contribution in [3.8, 4) is 0 Å². The Morgan fingerprint density at radius 3 is 2.67 bits per heavy atom. The minimum Gasteiger partial charge on any atom is -0.464 e. The lowest BCUT2D eigenvalue weighted by Gasteiger charge is -2.06. The predicted octanol–water partition coefficient (Wildman–Crippen LogP) is 1.53. The summed E-state index contributed by atoms with van der Waals surface area (Å²) >= 11 is 0. The lowest BCUT2D eigenvalue weighted by Crippen LogP contribution is -2.10. The van der Waals surface area contributed by atoms with Crippen LogP contribution in [0.2, 0.25) is 0 Å². The number of methoxy groups -OCH3 is 1. The first-order chi connectivity index (χ1) is 6.97. The number of anilines is 1. The molecule has 0 aliphatic carbocycles. The van der Waals surface area contributed by atoms with Gasteiger partial charge < -0.3 is 10.5 Å². The van der Waals surface area contributed by atoms with Gasteiger partial charge in [0.05, 0.1) is 12.8 Å². The third kappa shape index (κ3) is 2.17. The van der Waals surface area contributed by atoms with Gasteiger partial charge in [-0.25, -0.2) is 22.9 Å². The van der Waals surface area contributed by atoms with Gasteiger partial charge in [0.2, 0.25) is 0 Å². The van der Waals surface area contributed by atoms with E-state index in [0.29, 0.717) is 0 Å². The molecule has 1 heterocycles. The van der Waals surface area contributed by atoms with Gasteiger partial charge in [-0.15, -0.1) is 0 Å². The maximum absolute atomic E-state index is 13.0. The number of hydrogen-bond donors (Lipinski definition) is 1.